The Morgan fingerprint density at radius 2 is 0.887 bits per heavy atom. The first-order chi connectivity index (χ1) is 30.0. The van der Waals surface area contributed by atoms with Crippen LogP contribution in [0.1, 0.15) is 245 Å². The van der Waals surface area contributed by atoms with Crippen molar-refractivity contribution in [2.45, 2.75) is 257 Å². The van der Waals surface area contributed by atoms with Crippen LogP contribution in [0, 0.1) is 0 Å². The molecule has 8 nitrogen and oxygen atoms in total. The molecule has 0 aliphatic rings. The van der Waals surface area contributed by atoms with Crippen LogP contribution in [0.3, 0.4) is 0 Å². The summed E-state index contributed by atoms with van der Waals surface area (Å²) in [6.07, 6.45) is 56.6. The SMILES string of the molecule is CCCCCCCCCCCCC/C=C/CC/C=C/CC/C=C/C(O)C(COP(=O)(O)OCC[N+](C)(C)C)NC(=O)CCCCCCCCCCCCCCCCCCCCC. The predicted molar refractivity (Wildman–Crippen MR) is 268 cm³/mol. The summed E-state index contributed by atoms with van der Waals surface area (Å²) in [6.45, 7) is 4.81. The van der Waals surface area contributed by atoms with Gasteiger partial charge in [0.2, 0.25) is 5.91 Å². The van der Waals surface area contributed by atoms with Crippen LogP contribution in [0.25, 0.3) is 0 Å². The van der Waals surface area contributed by atoms with Crippen molar-refractivity contribution in [3.63, 3.8) is 0 Å². The van der Waals surface area contributed by atoms with Crippen LogP contribution >= 0.6 is 7.82 Å². The molecule has 0 bridgehead atoms. The van der Waals surface area contributed by atoms with Crippen molar-refractivity contribution in [1.82, 2.24) is 5.32 Å². The van der Waals surface area contributed by atoms with Gasteiger partial charge in [-0.15, -0.1) is 0 Å². The Morgan fingerprint density at radius 1 is 0.532 bits per heavy atom. The van der Waals surface area contributed by atoms with E-state index in [9.17, 15) is 19.4 Å². The van der Waals surface area contributed by atoms with Gasteiger partial charge in [0.05, 0.1) is 39.9 Å². The summed E-state index contributed by atoms with van der Waals surface area (Å²) in [5, 5.41) is 13.9. The van der Waals surface area contributed by atoms with Crippen LogP contribution < -0.4 is 5.32 Å². The summed E-state index contributed by atoms with van der Waals surface area (Å²) < 4.78 is 23.6. The monoisotopic (exact) mass is 896 g/mol. The summed E-state index contributed by atoms with van der Waals surface area (Å²) in [6, 6.07) is -0.867. The van der Waals surface area contributed by atoms with E-state index in [1.165, 1.54) is 180 Å². The Kier molecular flexibility index (Phi) is 44.0. The van der Waals surface area contributed by atoms with Gasteiger partial charge in [0.15, 0.2) is 0 Å². The van der Waals surface area contributed by atoms with Crippen LogP contribution in [-0.4, -0.2) is 73.4 Å². The molecule has 9 heteroatoms. The highest BCUT2D eigenvalue weighted by Crippen LogP contribution is 2.43. The van der Waals surface area contributed by atoms with Gasteiger partial charge in [0.1, 0.15) is 13.2 Å². The Hall–Kier alpha value is -1.28. The Bertz CT molecular complexity index is 1110. The lowest BCUT2D eigenvalue weighted by Crippen LogP contribution is -2.45. The number of phosphoric ester groups is 1. The second-order valence-electron chi connectivity index (χ2n) is 19.2. The summed E-state index contributed by atoms with van der Waals surface area (Å²) in [5.41, 5.74) is 0. The lowest BCUT2D eigenvalue weighted by molar-refractivity contribution is -0.870. The maximum atomic E-state index is 12.9. The van der Waals surface area contributed by atoms with E-state index in [0.717, 1.165) is 44.9 Å². The van der Waals surface area contributed by atoms with Crippen LogP contribution in [0.2, 0.25) is 0 Å². The van der Waals surface area contributed by atoms with E-state index in [2.05, 4.69) is 43.5 Å². The van der Waals surface area contributed by atoms with Crippen molar-refractivity contribution in [2.24, 2.45) is 0 Å². The number of carbonyl (C=O) groups excluding carboxylic acids is 1. The molecule has 0 aromatic heterocycles. The highest BCUT2D eigenvalue weighted by molar-refractivity contribution is 7.47. The molecule has 0 aromatic carbocycles. The maximum Gasteiger partial charge on any atom is 0.472 e. The number of allylic oxidation sites excluding steroid dienone is 5. The molecule has 3 unspecified atom stereocenters. The average Bonchev–Trinajstić information content (AvgIpc) is 3.23. The van der Waals surface area contributed by atoms with Gasteiger partial charge in [-0.1, -0.05) is 230 Å². The van der Waals surface area contributed by atoms with Crippen molar-refractivity contribution < 1.29 is 32.9 Å². The van der Waals surface area contributed by atoms with E-state index < -0.39 is 20.0 Å². The summed E-state index contributed by atoms with van der Waals surface area (Å²) >= 11 is 0. The van der Waals surface area contributed by atoms with Gasteiger partial charge < -0.3 is 19.8 Å². The van der Waals surface area contributed by atoms with Crippen molar-refractivity contribution in [1.29, 1.82) is 0 Å². The fourth-order valence-electron chi connectivity index (χ4n) is 7.66. The molecule has 0 saturated heterocycles. The first-order valence-corrected chi connectivity index (χ1v) is 27.9. The minimum atomic E-state index is -4.35. The topological polar surface area (TPSA) is 105 Å². The first-order valence-electron chi connectivity index (χ1n) is 26.4. The summed E-state index contributed by atoms with van der Waals surface area (Å²) in [4.78, 5) is 23.2. The molecule has 3 N–H and O–H groups in total. The molecule has 0 aliphatic carbocycles. The van der Waals surface area contributed by atoms with E-state index in [1.807, 2.05) is 27.2 Å². The molecule has 0 saturated carbocycles. The van der Waals surface area contributed by atoms with E-state index in [0.29, 0.717) is 17.4 Å². The second kappa shape index (κ2) is 44.9. The maximum absolute atomic E-state index is 12.9. The van der Waals surface area contributed by atoms with Gasteiger partial charge in [-0.2, -0.15) is 0 Å². The molecular formula is C53H104N2O6P+. The lowest BCUT2D eigenvalue weighted by Gasteiger charge is -2.25. The number of hydrogen-bond acceptors (Lipinski definition) is 5. The minimum absolute atomic E-state index is 0.0550. The molecule has 3 atom stereocenters. The number of nitrogens with zero attached hydrogens (tertiary/aromatic N) is 1. The number of rotatable bonds is 48. The van der Waals surface area contributed by atoms with E-state index >= 15 is 0 Å². The van der Waals surface area contributed by atoms with Crippen molar-refractivity contribution in [3.8, 4) is 0 Å². The number of amides is 1. The Balaban J connectivity index is 4.35. The molecule has 1 amide bonds. The number of aliphatic hydroxyl groups is 1. The molecule has 0 rings (SSSR count). The zero-order valence-electron chi connectivity index (χ0n) is 41.6. The number of likely N-dealkylation sites (N-methyl/N-ethyl adjacent to an activating group) is 1. The molecule has 0 heterocycles. The highest BCUT2D eigenvalue weighted by atomic mass is 31.2. The predicted octanol–water partition coefficient (Wildman–Crippen LogP) is 15.4. The van der Waals surface area contributed by atoms with E-state index in [-0.39, 0.29) is 19.1 Å². The Labute approximate surface area is 385 Å². The zero-order valence-corrected chi connectivity index (χ0v) is 42.5. The third-order valence-electron chi connectivity index (χ3n) is 11.8. The van der Waals surface area contributed by atoms with Crippen LogP contribution in [0.15, 0.2) is 36.5 Å². The van der Waals surface area contributed by atoms with Crippen molar-refractivity contribution in [2.75, 3.05) is 40.9 Å². The molecule has 0 spiro atoms. The van der Waals surface area contributed by atoms with Gasteiger partial charge in [0.25, 0.3) is 0 Å². The second-order valence-corrected chi connectivity index (χ2v) is 20.7. The summed E-state index contributed by atoms with van der Waals surface area (Å²) in [5.74, 6) is -0.187. The number of unbranched alkanes of at least 4 members (excludes halogenated alkanes) is 31. The van der Waals surface area contributed by atoms with Gasteiger partial charge in [-0.3, -0.25) is 13.8 Å². The average molecular weight is 896 g/mol. The van der Waals surface area contributed by atoms with Gasteiger partial charge in [0, 0.05) is 6.42 Å². The number of quaternary nitrogens is 1. The van der Waals surface area contributed by atoms with Gasteiger partial charge >= 0.3 is 7.82 Å². The van der Waals surface area contributed by atoms with Crippen molar-refractivity contribution >= 4 is 13.7 Å². The molecule has 0 aromatic rings. The van der Waals surface area contributed by atoms with E-state index in [1.54, 1.807) is 6.08 Å². The smallest absolute Gasteiger partial charge is 0.387 e. The fourth-order valence-corrected chi connectivity index (χ4v) is 8.40. The first kappa shape index (κ1) is 60.7. The normalized spacial score (nSPS) is 14.4. The molecule has 0 fully saturated rings. The zero-order chi connectivity index (χ0) is 45.7. The number of aliphatic hydroxyl groups excluding tert-OH is 1. The molecule has 62 heavy (non-hydrogen) atoms. The minimum Gasteiger partial charge on any atom is -0.387 e. The number of nitrogens with one attached hydrogen (secondary N) is 1. The molecule has 366 valence electrons. The largest absolute Gasteiger partial charge is 0.472 e. The van der Waals surface area contributed by atoms with E-state index in [4.69, 9.17) is 9.05 Å². The molecular weight excluding hydrogens is 792 g/mol. The van der Waals surface area contributed by atoms with Gasteiger partial charge in [-0.25, -0.2) is 4.57 Å². The molecule has 0 aliphatic heterocycles. The van der Waals surface area contributed by atoms with Crippen LogP contribution in [0.4, 0.5) is 0 Å². The quantitative estimate of drug-likeness (QED) is 0.0243. The van der Waals surface area contributed by atoms with Gasteiger partial charge in [-0.05, 0) is 44.9 Å². The number of carbonyl (C=O) groups is 1. The number of hydrogen-bond donors (Lipinski definition) is 3. The third-order valence-corrected chi connectivity index (χ3v) is 12.8. The summed E-state index contributed by atoms with van der Waals surface area (Å²) in [7, 11) is 1.55. The molecule has 0 radical (unpaired) electrons. The standard InChI is InChI=1S/C53H103N2O6P/c1-6-8-10-12-14-16-18-20-22-24-26-27-29-30-32-34-36-38-40-42-44-46-52(56)51(50-61-62(58,59)60-49-48-55(3,4)5)54-53(57)47-45-43-41-39-37-35-33-31-28-25-23-21-19-17-15-13-11-9-7-2/h29-30,36,38,44,46,51-52,56H,6-28,31-35,37,39-43,45,47-50H2,1-5H3,(H-,54,57,58,59)/p+1/b30-29+,38-36+,46-44+. The highest BCUT2D eigenvalue weighted by Gasteiger charge is 2.27. The van der Waals surface area contributed by atoms with Crippen LogP contribution in [-0.2, 0) is 18.4 Å². The van der Waals surface area contributed by atoms with Crippen molar-refractivity contribution in [3.05, 3.63) is 36.5 Å². The lowest BCUT2D eigenvalue weighted by atomic mass is 10.0. The Morgan fingerprint density at radius 3 is 1.29 bits per heavy atom. The number of phosphoric acid groups is 1. The fraction of sp³-hybridized carbons (Fsp3) is 0.868. The van der Waals surface area contributed by atoms with Crippen LogP contribution in [0.5, 0.6) is 0 Å². The third kappa shape index (κ3) is 46.7.